The highest BCUT2D eigenvalue weighted by Gasteiger charge is 2.38. The molecular formula is C20H20N2O6. The molecule has 3 rings (SSSR count). The van der Waals surface area contributed by atoms with E-state index >= 15 is 0 Å². The van der Waals surface area contributed by atoms with Gasteiger partial charge in [0.1, 0.15) is 16.8 Å². The van der Waals surface area contributed by atoms with Crippen molar-refractivity contribution in [2.24, 2.45) is 0 Å². The highest BCUT2D eigenvalue weighted by Crippen LogP contribution is 2.37. The first-order valence-corrected chi connectivity index (χ1v) is 8.99. The van der Waals surface area contributed by atoms with Crippen molar-refractivity contribution in [2.45, 2.75) is 20.8 Å². The van der Waals surface area contributed by atoms with Gasteiger partial charge in [0.15, 0.2) is 0 Å². The van der Waals surface area contributed by atoms with Crippen LogP contribution in [0.5, 0.6) is 0 Å². The summed E-state index contributed by atoms with van der Waals surface area (Å²) in [6.45, 7) is 5.20. The van der Waals surface area contributed by atoms with Crippen LogP contribution >= 0.6 is 0 Å². The summed E-state index contributed by atoms with van der Waals surface area (Å²) in [7, 11) is 0. The van der Waals surface area contributed by atoms with Crippen molar-refractivity contribution in [1.82, 2.24) is 9.97 Å². The van der Waals surface area contributed by atoms with E-state index in [-0.39, 0.29) is 47.9 Å². The van der Waals surface area contributed by atoms with Crippen molar-refractivity contribution in [3.63, 3.8) is 0 Å². The first kappa shape index (κ1) is 19.3. The number of aromatic nitrogens is 2. The molecule has 0 atom stereocenters. The number of benzene rings is 1. The number of hydrogen-bond acceptors (Lipinski definition) is 7. The predicted octanol–water partition coefficient (Wildman–Crippen LogP) is 3.20. The number of aromatic amines is 1. The molecule has 0 saturated carbocycles. The number of rotatable bonds is 6. The van der Waals surface area contributed by atoms with Gasteiger partial charge in [-0.25, -0.2) is 19.4 Å². The van der Waals surface area contributed by atoms with Crippen molar-refractivity contribution >= 4 is 28.9 Å². The molecule has 28 heavy (non-hydrogen) atoms. The number of hydrogen-bond donors (Lipinski definition) is 1. The maximum absolute atomic E-state index is 12.7. The molecule has 8 nitrogen and oxygen atoms in total. The average Bonchev–Trinajstić information content (AvgIpc) is 3.01. The topological polar surface area (TPSA) is 108 Å². The molecule has 0 bridgehead atoms. The molecule has 1 aliphatic carbocycles. The number of nitrogens with zero attached hydrogens (tertiary/aromatic N) is 1. The zero-order valence-electron chi connectivity index (χ0n) is 15.8. The minimum Gasteiger partial charge on any atom is -0.462 e. The van der Waals surface area contributed by atoms with Gasteiger partial charge in [0.05, 0.1) is 42.1 Å². The lowest BCUT2D eigenvalue weighted by Crippen LogP contribution is -2.16. The summed E-state index contributed by atoms with van der Waals surface area (Å²) in [5.41, 5.74) is 1.18. The standard InChI is InChI=1S/C20H20N2O6/c1-4-26-18(23)13-14(19(24)27-5-2)16-17(15(13)20(25)28-6-3)22-12-10-8-7-9-11(12)21-16/h7-10,21H,4-6H2,1-3H3. The fraction of sp³-hybridized carbons (Fsp3) is 0.300. The van der Waals surface area contributed by atoms with E-state index in [1.807, 2.05) is 0 Å². The Morgan fingerprint density at radius 3 is 1.96 bits per heavy atom. The predicted molar refractivity (Wildman–Crippen MR) is 101 cm³/mol. The largest absolute Gasteiger partial charge is 0.462 e. The normalized spacial score (nSPS) is 10.8. The average molecular weight is 384 g/mol. The second-order valence-corrected chi connectivity index (χ2v) is 5.76. The SMILES string of the molecule is CCOC(=O)c1c2nc3ccccc3[nH]c-2c(C(=O)OCC)c1C(=O)OCC. The van der Waals surface area contributed by atoms with E-state index in [2.05, 4.69) is 9.97 Å². The number of nitrogens with one attached hydrogen (secondary N) is 1. The molecule has 1 aromatic carbocycles. The smallest absolute Gasteiger partial charge is 0.341 e. The first-order chi connectivity index (χ1) is 13.5. The zero-order valence-corrected chi connectivity index (χ0v) is 15.8. The lowest BCUT2D eigenvalue weighted by Gasteiger charge is -2.07. The molecule has 0 spiro atoms. The van der Waals surface area contributed by atoms with Crippen molar-refractivity contribution in [3.05, 3.63) is 41.0 Å². The van der Waals surface area contributed by atoms with Crippen LogP contribution in [0.3, 0.4) is 0 Å². The fourth-order valence-electron chi connectivity index (χ4n) is 2.99. The van der Waals surface area contributed by atoms with Crippen LogP contribution in [0.2, 0.25) is 0 Å². The number of carbonyl (C=O) groups excluding carboxylic acids is 3. The highest BCUT2D eigenvalue weighted by molar-refractivity contribution is 6.18. The monoisotopic (exact) mass is 384 g/mol. The molecule has 0 saturated heterocycles. The maximum Gasteiger partial charge on any atom is 0.341 e. The van der Waals surface area contributed by atoms with Gasteiger partial charge in [0.2, 0.25) is 0 Å². The number of fused-ring (bicyclic) bond motifs is 2. The molecular weight excluding hydrogens is 364 g/mol. The van der Waals surface area contributed by atoms with Gasteiger partial charge >= 0.3 is 17.9 Å². The van der Waals surface area contributed by atoms with Gasteiger partial charge in [0.25, 0.3) is 0 Å². The van der Waals surface area contributed by atoms with Crippen molar-refractivity contribution in [1.29, 1.82) is 0 Å². The van der Waals surface area contributed by atoms with Crippen LogP contribution in [0.4, 0.5) is 0 Å². The molecule has 8 heteroatoms. The number of esters is 3. The molecule has 2 aliphatic rings. The molecule has 0 amide bonds. The number of H-pyrrole nitrogens is 1. The lowest BCUT2D eigenvalue weighted by atomic mass is 10.1. The summed E-state index contributed by atoms with van der Waals surface area (Å²) in [5.74, 6) is -2.33. The van der Waals surface area contributed by atoms with E-state index in [4.69, 9.17) is 14.2 Å². The minimum absolute atomic E-state index is 0.0734. The van der Waals surface area contributed by atoms with Crippen molar-refractivity contribution in [2.75, 3.05) is 19.8 Å². The van der Waals surface area contributed by atoms with E-state index in [9.17, 15) is 14.4 Å². The summed E-state index contributed by atoms with van der Waals surface area (Å²) in [6, 6.07) is 7.12. The Morgan fingerprint density at radius 1 is 0.821 bits per heavy atom. The van der Waals surface area contributed by atoms with Gasteiger partial charge in [0, 0.05) is 0 Å². The van der Waals surface area contributed by atoms with E-state index in [1.54, 1.807) is 45.0 Å². The summed E-state index contributed by atoms with van der Waals surface area (Å²) in [6.07, 6.45) is 0. The van der Waals surface area contributed by atoms with E-state index in [0.717, 1.165) is 0 Å². The molecule has 1 heterocycles. The zero-order chi connectivity index (χ0) is 20.3. The maximum atomic E-state index is 12.7. The molecule has 0 fully saturated rings. The Kier molecular flexibility index (Phi) is 5.58. The second-order valence-electron chi connectivity index (χ2n) is 5.76. The molecule has 1 aliphatic heterocycles. The van der Waals surface area contributed by atoms with Crippen LogP contribution in [0.25, 0.3) is 22.4 Å². The summed E-state index contributed by atoms with van der Waals surface area (Å²) in [5, 5.41) is 0. The summed E-state index contributed by atoms with van der Waals surface area (Å²) in [4.78, 5) is 45.7. The third-order valence-corrected chi connectivity index (χ3v) is 4.06. The van der Waals surface area contributed by atoms with Crippen LogP contribution < -0.4 is 0 Å². The van der Waals surface area contributed by atoms with Gasteiger partial charge in [-0.2, -0.15) is 0 Å². The Bertz CT molecular complexity index is 952. The fourth-order valence-corrected chi connectivity index (χ4v) is 2.99. The second kappa shape index (κ2) is 8.08. The molecule has 0 radical (unpaired) electrons. The van der Waals surface area contributed by atoms with Gasteiger partial charge in [-0.3, -0.25) is 0 Å². The quantitative estimate of drug-likeness (QED) is 0.513. The number of ether oxygens (including phenoxy) is 3. The van der Waals surface area contributed by atoms with Gasteiger partial charge < -0.3 is 19.2 Å². The number of carbonyl (C=O) groups is 3. The van der Waals surface area contributed by atoms with Gasteiger partial charge in [-0.1, -0.05) is 12.1 Å². The Labute approximate surface area is 161 Å². The molecule has 1 aromatic rings. The van der Waals surface area contributed by atoms with Crippen LogP contribution in [0.15, 0.2) is 24.3 Å². The molecule has 146 valence electrons. The first-order valence-electron chi connectivity index (χ1n) is 8.99. The van der Waals surface area contributed by atoms with Crippen LogP contribution in [0, 0.1) is 0 Å². The van der Waals surface area contributed by atoms with Gasteiger partial charge in [-0.05, 0) is 32.9 Å². The molecule has 0 unspecified atom stereocenters. The lowest BCUT2D eigenvalue weighted by molar-refractivity contribution is 0.0463. The Hall–Kier alpha value is -3.42. The third-order valence-electron chi connectivity index (χ3n) is 4.06. The minimum atomic E-state index is -0.816. The highest BCUT2D eigenvalue weighted by atomic mass is 16.5. The number of para-hydroxylation sites is 2. The Morgan fingerprint density at radius 2 is 1.36 bits per heavy atom. The van der Waals surface area contributed by atoms with Crippen LogP contribution in [-0.4, -0.2) is 47.7 Å². The van der Waals surface area contributed by atoms with E-state index in [1.165, 1.54) is 0 Å². The van der Waals surface area contributed by atoms with E-state index < -0.39 is 17.9 Å². The Balaban J connectivity index is 2.42. The summed E-state index contributed by atoms with van der Waals surface area (Å²) >= 11 is 0. The van der Waals surface area contributed by atoms with Crippen molar-refractivity contribution in [3.8, 4) is 11.4 Å². The third kappa shape index (κ3) is 3.28. The van der Waals surface area contributed by atoms with Crippen LogP contribution in [-0.2, 0) is 14.2 Å². The van der Waals surface area contributed by atoms with Crippen LogP contribution in [0.1, 0.15) is 51.8 Å². The molecule has 0 aromatic heterocycles. The molecule has 1 N–H and O–H groups in total. The summed E-state index contributed by atoms with van der Waals surface area (Å²) < 4.78 is 15.3. The van der Waals surface area contributed by atoms with Crippen molar-refractivity contribution < 1.29 is 28.6 Å². The van der Waals surface area contributed by atoms with Gasteiger partial charge in [-0.15, -0.1) is 0 Å². The van der Waals surface area contributed by atoms with E-state index in [0.29, 0.717) is 11.0 Å².